The van der Waals surface area contributed by atoms with Crippen LogP contribution in [-0.2, 0) is 18.4 Å². The van der Waals surface area contributed by atoms with Gasteiger partial charge in [0.25, 0.3) is 0 Å². The van der Waals surface area contributed by atoms with E-state index in [-0.39, 0.29) is 5.91 Å². The highest BCUT2D eigenvalue weighted by Crippen LogP contribution is 2.23. The molecule has 1 aromatic rings. The largest absolute Gasteiger partial charge is 0.352 e. The van der Waals surface area contributed by atoms with E-state index < -0.39 is 0 Å². The molecular formula is C15H26N4O. The lowest BCUT2D eigenvalue weighted by Crippen LogP contribution is -2.42. The van der Waals surface area contributed by atoms with Crippen LogP contribution in [0.1, 0.15) is 38.2 Å². The van der Waals surface area contributed by atoms with Gasteiger partial charge in [-0.3, -0.25) is 14.4 Å². The molecule has 5 nitrogen and oxygen atoms in total. The van der Waals surface area contributed by atoms with Crippen LogP contribution in [0.2, 0.25) is 0 Å². The number of rotatable bonds is 5. The minimum atomic E-state index is 0.135. The number of carbonyl (C=O) groups is 1. The van der Waals surface area contributed by atoms with Crippen molar-refractivity contribution < 1.29 is 4.79 Å². The minimum Gasteiger partial charge on any atom is -0.352 e. The summed E-state index contributed by atoms with van der Waals surface area (Å²) in [5.74, 6) is 0.951. The first-order chi connectivity index (χ1) is 9.52. The van der Waals surface area contributed by atoms with E-state index in [1.807, 2.05) is 31.4 Å². The minimum absolute atomic E-state index is 0.135. The number of aromatic nitrogens is 2. The van der Waals surface area contributed by atoms with Crippen LogP contribution < -0.4 is 5.32 Å². The second kappa shape index (κ2) is 6.88. The summed E-state index contributed by atoms with van der Waals surface area (Å²) in [5, 5.41) is 7.30. The van der Waals surface area contributed by atoms with Gasteiger partial charge in [-0.05, 0) is 38.6 Å². The Morgan fingerprint density at radius 2 is 2.15 bits per heavy atom. The molecule has 1 aromatic heterocycles. The maximum atomic E-state index is 12.0. The molecule has 2 rings (SSSR count). The molecule has 0 saturated heterocycles. The predicted octanol–water partition coefficient (Wildman–Crippen LogP) is 1.55. The van der Waals surface area contributed by atoms with Gasteiger partial charge in [0, 0.05) is 31.4 Å². The van der Waals surface area contributed by atoms with Crippen LogP contribution >= 0.6 is 0 Å². The molecule has 1 aliphatic carbocycles. The number of hydrogen-bond acceptors (Lipinski definition) is 3. The molecule has 1 fully saturated rings. The average Bonchev–Trinajstić information content (AvgIpc) is 2.77. The number of hydrogen-bond donors (Lipinski definition) is 1. The third-order valence-corrected chi connectivity index (χ3v) is 4.01. The van der Waals surface area contributed by atoms with Gasteiger partial charge in [0.15, 0.2) is 0 Å². The fourth-order valence-corrected chi connectivity index (χ4v) is 2.84. The number of aryl methyl sites for hydroxylation is 1. The zero-order valence-corrected chi connectivity index (χ0v) is 12.8. The molecule has 0 atom stereocenters. The lowest BCUT2D eigenvalue weighted by molar-refractivity contribution is -0.123. The van der Waals surface area contributed by atoms with Crippen molar-refractivity contribution in [2.75, 3.05) is 13.6 Å². The third-order valence-electron chi connectivity index (χ3n) is 4.01. The maximum absolute atomic E-state index is 12.0. The summed E-state index contributed by atoms with van der Waals surface area (Å²) in [6.07, 6.45) is 8.54. The fraction of sp³-hybridized carbons (Fsp3) is 0.733. The lowest BCUT2D eigenvalue weighted by Gasteiger charge is -2.27. The molecule has 1 heterocycles. The van der Waals surface area contributed by atoms with Crippen molar-refractivity contribution in [3.05, 3.63) is 18.0 Å². The SMILES string of the molecule is CC1CCC(NC(=O)CN(C)Cc2cnn(C)c2)CC1. The molecule has 0 spiro atoms. The van der Waals surface area contributed by atoms with Crippen LogP contribution in [-0.4, -0.2) is 40.2 Å². The summed E-state index contributed by atoms with van der Waals surface area (Å²) in [6, 6.07) is 0.380. The molecule has 1 aliphatic rings. The zero-order chi connectivity index (χ0) is 14.5. The molecule has 5 heteroatoms. The molecule has 0 aromatic carbocycles. The Balaban J connectivity index is 1.71. The smallest absolute Gasteiger partial charge is 0.234 e. The van der Waals surface area contributed by atoms with Crippen molar-refractivity contribution in [3.8, 4) is 0 Å². The van der Waals surface area contributed by atoms with Gasteiger partial charge in [-0.15, -0.1) is 0 Å². The molecule has 1 amide bonds. The number of nitrogens with zero attached hydrogens (tertiary/aromatic N) is 3. The van der Waals surface area contributed by atoms with Gasteiger partial charge in [0.05, 0.1) is 12.7 Å². The normalized spacial score (nSPS) is 23.0. The lowest BCUT2D eigenvalue weighted by atomic mass is 9.87. The highest BCUT2D eigenvalue weighted by Gasteiger charge is 2.20. The zero-order valence-electron chi connectivity index (χ0n) is 12.8. The topological polar surface area (TPSA) is 50.2 Å². The molecule has 0 unspecified atom stereocenters. The van der Waals surface area contributed by atoms with Crippen molar-refractivity contribution in [2.45, 2.75) is 45.2 Å². The maximum Gasteiger partial charge on any atom is 0.234 e. The quantitative estimate of drug-likeness (QED) is 0.889. The van der Waals surface area contributed by atoms with Crippen molar-refractivity contribution >= 4 is 5.91 Å². The molecule has 1 saturated carbocycles. The summed E-state index contributed by atoms with van der Waals surface area (Å²) in [5.41, 5.74) is 1.13. The van der Waals surface area contributed by atoms with Crippen LogP contribution in [0.3, 0.4) is 0 Å². The van der Waals surface area contributed by atoms with Gasteiger partial charge in [-0.1, -0.05) is 6.92 Å². The fourth-order valence-electron chi connectivity index (χ4n) is 2.84. The van der Waals surface area contributed by atoms with Crippen LogP contribution in [0.4, 0.5) is 0 Å². The highest BCUT2D eigenvalue weighted by molar-refractivity contribution is 5.78. The van der Waals surface area contributed by atoms with Gasteiger partial charge in [0.1, 0.15) is 0 Å². The Kier molecular flexibility index (Phi) is 5.17. The summed E-state index contributed by atoms with van der Waals surface area (Å²) >= 11 is 0. The van der Waals surface area contributed by atoms with Crippen molar-refractivity contribution in [1.82, 2.24) is 20.0 Å². The van der Waals surface area contributed by atoms with Gasteiger partial charge in [0.2, 0.25) is 5.91 Å². The molecular weight excluding hydrogens is 252 g/mol. The first kappa shape index (κ1) is 15.0. The summed E-state index contributed by atoms with van der Waals surface area (Å²) in [7, 11) is 3.87. The summed E-state index contributed by atoms with van der Waals surface area (Å²) in [4.78, 5) is 14.1. The standard InChI is InChI=1S/C15H26N4O/c1-12-4-6-14(7-5-12)17-15(20)11-18(2)9-13-8-16-19(3)10-13/h8,10,12,14H,4-7,9,11H2,1-3H3,(H,17,20). The van der Waals surface area contributed by atoms with E-state index in [2.05, 4.69) is 17.3 Å². The number of likely N-dealkylation sites (N-methyl/N-ethyl adjacent to an activating group) is 1. The van der Waals surface area contributed by atoms with Crippen molar-refractivity contribution in [3.63, 3.8) is 0 Å². The number of carbonyl (C=O) groups excluding carboxylic acids is 1. The summed E-state index contributed by atoms with van der Waals surface area (Å²) in [6.45, 7) is 3.49. The van der Waals surface area contributed by atoms with Gasteiger partial charge >= 0.3 is 0 Å². The van der Waals surface area contributed by atoms with Crippen molar-refractivity contribution in [1.29, 1.82) is 0 Å². The van der Waals surface area contributed by atoms with E-state index in [0.29, 0.717) is 12.6 Å². The Labute approximate surface area is 121 Å². The summed E-state index contributed by atoms with van der Waals surface area (Å²) < 4.78 is 1.78. The van der Waals surface area contributed by atoms with E-state index in [1.54, 1.807) is 4.68 Å². The van der Waals surface area contributed by atoms with Crippen LogP contribution in [0, 0.1) is 5.92 Å². The predicted molar refractivity (Wildman–Crippen MR) is 79.1 cm³/mol. The molecule has 1 N–H and O–H groups in total. The van der Waals surface area contributed by atoms with E-state index in [4.69, 9.17) is 0 Å². The van der Waals surface area contributed by atoms with Gasteiger partial charge in [-0.2, -0.15) is 5.10 Å². The Morgan fingerprint density at radius 1 is 1.45 bits per heavy atom. The average molecular weight is 278 g/mol. The van der Waals surface area contributed by atoms with Gasteiger partial charge < -0.3 is 5.32 Å². The van der Waals surface area contributed by atoms with E-state index in [1.165, 1.54) is 12.8 Å². The van der Waals surface area contributed by atoms with Gasteiger partial charge in [-0.25, -0.2) is 0 Å². The van der Waals surface area contributed by atoms with Crippen LogP contribution in [0.5, 0.6) is 0 Å². The Bertz CT molecular complexity index is 435. The van der Waals surface area contributed by atoms with E-state index in [0.717, 1.165) is 30.9 Å². The van der Waals surface area contributed by atoms with E-state index in [9.17, 15) is 4.79 Å². The number of nitrogens with one attached hydrogen (secondary N) is 1. The molecule has 0 radical (unpaired) electrons. The molecule has 112 valence electrons. The Hall–Kier alpha value is -1.36. The Morgan fingerprint density at radius 3 is 2.75 bits per heavy atom. The van der Waals surface area contributed by atoms with Crippen molar-refractivity contribution in [2.24, 2.45) is 13.0 Å². The first-order valence-corrected chi connectivity index (χ1v) is 7.48. The molecule has 0 bridgehead atoms. The highest BCUT2D eigenvalue weighted by atomic mass is 16.2. The third kappa shape index (κ3) is 4.63. The molecule has 20 heavy (non-hydrogen) atoms. The monoisotopic (exact) mass is 278 g/mol. The van der Waals surface area contributed by atoms with E-state index >= 15 is 0 Å². The second-order valence-corrected chi connectivity index (χ2v) is 6.22. The number of amides is 1. The second-order valence-electron chi connectivity index (χ2n) is 6.22. The molecule has 0 aliphatic heterocycles. The van der Waals surface area contributed by atoms with Crippen LogP contribution in [0.25, 0.3) is 0 Å². The van der Waals surface area contributed by atoms with Crippen LogP contribution in [0.15, 0.2) is 12.4 Å². The first-order valence-electron chi connectivity index (χ1n) is 7.48.